The summed E-state index contributed by atoms with van der Waals surface area (Å²) in [6.45, 7) is 6.74. The molecular formula is C13H24BrNO. The molecule has 0 radical (unpaired) electrons. The van der Waals surface area contributed by atoms with Gasteiger partial charge in [-0.15, -0.1) is 0 Å². The van der Waals surface area contributed by atoms with Crippen LogP contribution >= 0.6 is 15.9 Å². The van der Waals surface area contributed by atoms with E-state index in [1.54, 1.807) is 0 Å². The average molecular weight is 290 g/mol. The third-order valence-corrected chi connectivity index (χ3v) is 4.30. The van der Waals surface area contributed by atoms with Crippen molar-refractivity contribution >= 4 is 21.8 Å². The second kappa shape index (κ2) is 6.04. The Hall–Kier alpha value is -0.0500. The predicted molar refractivity (Wildman–Crippen MR) is 71.7 cm³/mol. The molecule has 3 heteroatoms. The molecule has 0 saturated heterocycles. The van der Waals surface area contributed by atoms with E-state index in [0.29, 0.717) is 5.92 Å². The lowest BCUT2D eigenvalue weighted by Gasteiger charge is -2.31. The van der Waals surface area contributed by atoms with Crippen molar-refractivity contribution < 1.29 is 4.79 Å². The minimum absolute atomic E-state index is 0.173. The number of hydrogen-bond donors (Lipinski definition) is 1. The first kappa shape index (κ1) is 14.0. The molecule has 0 aromatic heterocycles. The monoisotopic (exact) mass is 289 g/mol. The molecule has 1 aliphatic carbocycles. The van der Waals surface area contributed by atoms with Crippen LogP contribution in [0.25, 0.3) is 0 Å². The van der Waals surface area contributed by atoms with Crippen molar-refractivity contribution in [2.24, 2.45) is 17.3 Å². The number of carbonyl (C=O) groups excluding carboxylic acids is 1. The lowest BCUT2D eigenvalue weighted by atomic mass is 9.80. The molecule has 1 aliphatic rings. The fourth-order valence-electron chi connectivity index (χ4n) is 2.25. The highest BCUT2D eigenvalue weighted by Gasteiger charge is 2.26. The maximum Gasteiger partial charge on any atom is 0.225 e. The van der Waals surface area contributed by atoms with Crippen molar-refractivity contribution in [3.8, 4) is 0 Å². The number of carbonyl (C=O) groups is 1. The third kappa shape index (κ3) is 4.08. The van der Waals surface area contributed by atoms with Crippen molar-refractivity contribution in [2.45, 2.75) is 46.5 Å². The number of nitrogens with one attached hydrogen (secondary N) is 1. The second-order valence-corrected chi connectivity index (χ2v) is 6.57. The van der Waals surface area contributed by atoms with E-state index in [9.17, 15) is 4.79 Å². The van der Waals surface area contributed by atoms with E-state index in [0.717, 1.165) is 17.8 Å². The maximum absolute atomic E-state index is 11.8. The van der Waals surface area contributed by atoms with Crippen LogP contribution in [-0.2, 0) is 4.79 Å². The number of rotatable bonds is 3. The Morgan fingerprint density at radius 3 is 2.31 bits per heavy atom. The van der Waals surface area contributed by atoms with Crippen LogP contribution in [0.4, 0.5) is 0 Å². The van der Waals surface area contributed by atoms with Crippen LogP contribution in [-0.4, -0.2) is 17.8 Å². The van der Waals surface area contributed by atoms with Crippen LogP contribution in [0.15, 0.2) is 0 Å². The van der Waals surface area contributed by atoms with Crippen LogP contribution < -0.4 is 5.32 Å². The molecular weight excluding hydrogens is 266 g/mol. The fraction of sp³-hybridized carbons (Fsp3) is 0.923. The standard InChI is InChI=1S/C13H24BrNO/c1-13(2,3)12(16)15-9-11-7-5-4-6-10(11)8-14/h10-11H,4-9H2,1-3H3,(H,15,16). The zero-order chi connectivity index (χ0) is 12.2. The van der Waals surface area contributed by atoms with Gasteiger partial charge in [0.1, 0.15) is 0 Å². The quantitative estimate of drug-likeness (QED) is 0.793. The highest BCUT2D eigenvalue weighted by Crippen LogP contribution is 2.31. The van der Waals surface area contributed by atoms with Crippen LogP contribution in [0.1, 0.15) is 46.5 Å². The molecule has 0 aromatic rings. The highest BCUT2D eigenvalue weighted by atomic mass is 79.9. The summed E-state index contributed by atoms with van der Waals surface area (Å²) >= 11 is 3.59. The van der Waals surface area contributed by atoms with Gasteiger partial charge in [0.2, 0.25) is 5.91 Å². The predicted octanol–water partition coefficient (Wildman–Crippen LogP) is 3.35. The van der Waals surface area contributed by atoms with Gasteiger partial charge in [0.15, 0.2) is 0 Å². The first-order chi connectivity index (χ1) is 7.45. The van der Waals surface area contributed by atoms with Crippen molar-refractivity contribution in [3.05, 3.63) is 0 Å². The average Bonchev–Trinajstić information content (AvgIpc) is 2.24. The molecule has 16 heavy (non-hydrogen) atoms. The summed E-state index contributed by atoms with van der Waals surface area (Å²) < 4.78 is 0. The molecule has 94 valence electrons. The minimum Gasteiger partial charge on any atom is -0.355 e. The molecule has 1 N–H and O–H groups in total. The lowest BCUT2D eigenvalue weighted by Crippen LogP contribution is -2.40. The Kier molecular flexibility index (Phi) is 5.29. The number of halogens is 1. The number of alkyl halides is 1. The molecule has 2 unspecified atom stereocenters. The molecule has 1 amide bonds. The first-order valence-corrected chi connectivity index (χ1v) is 7.41. The van der Waals surface area contributed by atoms with Crippen molar-refractivity contribution in [2.75, 3.05) is 11.9 Å². The van der Waals surface area contributed by atoms with Gasteiger partial charge in [-0.1, -0.05) is 49.5 Å². The summed E-state index contributed by atoms with van der Waals surface area (Å²) in [5.41, 5.74) is -0.265. The normalized spacial score (nSPS) is 26.5. The summed E-state index contributed by atoms with van der Waals surface area (Å²) in [5, 5.41) is 4.17. The molecule has 1 fully saturated rings. The molecule has 0 aromatic carbocycles. The third-order valence-electron chi connectivity index (χ3n) is 3.47. The van der Waals surface area contributed by atoms with Gasteiger partial charge in [0.05, 0.1) is 0 Å². The highest BCUT2D eigenvalue weighted by molar-refractivity contribution is 9.09. The molecule has 0 heterocycles. The Morgan fingerprint density at radius 1 is 1.25 bits per heavy atom. The Balaban J connectivity index is 2.38. The van der Waals surface area contributed by atoms with Gasteiger partial charge < -0.3 is 5.32 Å². The lowest BCUT2D eigenvalue weighted by molar-refractivity contribution is -0.128. The maximum atomic E-state index is 11.8. The van der Waals surface area contributed by atoms with E-state index in [-0.39, 0.29) is 11.3 Å². The van der Waals surface area contributed by atoms with Gasteiger partial charge in [-0.25, -0.2) is 0 Å². The van der Waals surface area contributed by atoms with Gasteiger partial charge in [0.25, 0.3) is 0 Å². The van der Waals surface area contributed by atoms with Crippen molar-refractivity contribution in [3.63, 3.8) is 0 Å². The molecule has 1 rings (SSSR count). The van der Waals surface area contributed by atoms with E-state index >= 15 is 0 Å². The molecule has 2 nitrogen and oxygen atoms in total. The Labute approximate surface area is 108 Å². The summed E-state index contributed by atoms with van der Waals surface area (Å²) in [6, 6.07) is 0. The largest absolute Gasteiger partial charge is 0.355 e. The van der Waals surface area contributed by atoms with E-state index in [1.165, 1.54) is 25.7 Å². The molecule has 2 atom stereocenters. The molecule has 0 bridgehead atoms. The van der Waals surface area contributed by atoms with Gasteiger partial charge in [-0.05, 0) is 24.7 Å². The smallest absolute Gasteiger partial charge is 0.225 e. The topological polar surface area (TPSA) is 29.1 Å². The summed E-state index contributed by atoms with van der Waals surface area (Å²) in [7, 11) is 0. The van der Waals surface area contributed by atoms with Gasteiger partial charge in [-0.3, -0.25) is 4.79 Å². The summed E-state index contributed by atoms with van der Waals surface area (Å²) in [4.78, 5) is 11.8. The first-order valence-electron chi connectivity index (χ1n) is 6.29. The fourth-order valence-corrected chi connectivity index (χ4v) is 3.10. The van der Waals surface area contributed by atoms with Gasteiger partial charge in [-0.2, -0.15) is 0 Å². The van der Waals surface area contributed by atoms with Crippen molar-refractivity contribution in [1.29, 1.82) is 0 Å². The molecule has 0 spiro atoms. The molecule has 1 saturated carbocycles. The zero-order valence-corrected chi connectivity index (χ0v) is 12.3. The Morgan fingerprint density at radius 2 is 1.81 bits per heavy atom. The van der Waals surface area contributed by atoms with Crippen LogP contribution in [0.3, 0.4) is 0 Å². The summed E-state index contributed by atoms with van der Waals surface area (Å²) in [6.07, 6.45) is 5.24. The molecule has 0 aliphatic heterocycles. The van der Waals surface area contributed by atoms with Crippen LogP contribution in [0.5, 0.6) is 0 Å². The van der Waals surface area contributed by atoms with Gasteiger partial charge in [0, 0.05) is 17.3 Å². The SMILES string of the molecule is CC(C)(C)C(=O)NCC1CCCCC1CBr. The second-order valence-electron chi connectivity index (χ2n) is 5.92. The van der Waals surface area contributed by atoms with E-state index in [1.807, 2.05) is 20.8 Å². The van der Waals surface area contributed by atoms with Gasteiger partial charge >= 0.3 is 0 Å². The number of hydrogen-bond acceptors (Lipinski definition) is 1. The van der Waals surface area contributed by atoms with E-state index < -0.39 is 0 Å². The van der Waals surface area contributed by atoms with Crippen LogP contribution in [0.2, 0.25) is 0 Å². The summed E-state index contributed by atoms with van der Waals surface area (Å²) in [5.74, 6) is 1.58. The Bertz CT molecular complexity index is 235. The van der Waals surface area contributed by atoms with E-state index in [2.05, 4.69) is 21.2 Å². The van der Waals surface area contributed by atoms with E-state index in [4.69, 9.17) is 0 Å². The zero-order valence-electron chi connectivity index (χ0n) is 10.7. The van der Waals surface area contributed by atoms with Crippen LogP contribution in [0, 0.1) is 17.3 Å². The van der Waals surface area contributed by atoms with Crippen molar-refractivity contribution in [1.82, 2.24) is 5.32 Å². The minimum atomic E-state index is -0.265. The number of amides is 1.